The molecule has 0 aromatic carbocycles. The number of fused-ring (bicyclic) bond motifs is 1. The van der Waals surface area contributed by atoms with Crippen molar-refractivity contribution in [2.45, 2.75) is 39.3 Å². The molecule has 27 heavy (non-hydrogen) atoms. The minimum Gasteiger partial charge on any atom is -0.465 e. The van der Waals surface area contributed by atoms with Crippen molar-refractivity contribution < 1.29 is 19.4 Å². The first kappa shape index (κ1) is 21.5. The number of ether oxygens (including phenoxy) is 2. The van der Waals surface area contributed by atoms with Crippen LogP contribution in [-0.2, 0) is 16.0 Å². The van der Waals surface area contributed by atoms with Gasteiger partial charge >= 0.3 is 5.97 Å². The van der Waals surface area contributed by atoms with Gasteiger partial charge in [-0.1, -0.05) is 6.92 Å². The van der Waals surface area contributed by atoms with Crippen LogP contribution in [0.5, 0.6) is 0 Å². The molecule has 0 spiro atoms. The first-order chi connectivity index (χ1) is 12.9. The summed E-state index contributed by atoms with van der Waals surface area (Å²) in [6, 6.07) is 0. The molecule has 0 fully saturated rings. The number of methoxy groups -OCH3 is 2. The topological polar surface area (TPSA) is 105 Å². The van der Waals surface area contributed by atoms with Crippen LogP contribution in [0.15, 0.2) is 4.79 Å². The van der Waals surface area contributed by atoms with Crippen LogP contribution in [0.25, 0.3) is 10.2 Å². The van der Waals surface area contributed by atoms with E-state index in [-0.39, 0.29) is 5.56 Å². The zero-order chi connectivity index (χ0) is 20.0. The molecule has 0 unspecified atom stereocenters. The fourth-order valence-electron chi connectivity index (χ4n) is 2.86. The maximum absolute atomic E-state index is 12.5. The summed E-state index contributed by atoms with van der Waals surface area (Å²) in [6.45, 7) is 5.86. The molecule has 0 bridgehead atoms. The van der Waals surface area contributed by atoms with Gasteiger partial charge in [0, 0.05) is 26.8 Å². The molecule has 2 heterocycles. The molecule has 0 saturated carbocycles. The average molecular weight is 397 g/mol. The van der Waals surface area contributed by atoms with Crippen LogP contribution >= 0.6 is 11.3 Å². The van der Waals surface area contributed by atoms with Crippen LogP contribution in [-0.4, -0.2) is 66.0 Å². The van der Waals surface area contributed by atoms with Gasteiger partial charge in [0.1, 0.15) is 15.5 Å². The van der Waals surface area contributed by atoms with Crippen molar-refractivity contribution in [3.05, 3.63) is 26.6 Å². The van der Waals surface area contributed by atoms with Gasteiger partial charge in [-0.15, -0.1) is 11.3 Å². The van der Waals surface area contributed by atoms with Crippen molar-refractivity contribution in [1.29, 1.82) is 0 Å². The van der Waals surface area contributed by atoms with Crippen molar-refractivity contribution in [3.8, 4) is 0 Å². The van der Waals surface area contributed by atoms with Crippen molar-refractivity contribution in [3.63, 3.8) is 0 Å². The van der Waals surface area contributed by atoms with Gasteiger partial charge in [0.05, 0.1) is 25.1 Å². The highest BCUT2D eigenvalue weighted by molar-refractivity contribution is 7.20. The highest BCUT2D eigenvalue weighted by atomic mass is 32.1. The third kappa shape index (κ3) is 5.35. The zero-order valence-corrected chi connectivity index (χ0v) is 17.0. The van der Waals surface area contributed by atoms with Crippen LogP contribution in [0, 0.1) is 6.92 Å². The lowest BCUT2D eigenvalue weighted by atomic mass is 10.2. The van der Waals surface area contributed by atoms with Crippen LogP contribution in [0.4, 0.5) is 0 Å². The molecule has 0 radical (unpaired) electrons. The average Bonchev–Trinajstić information content (AvgIpc) is 2.98. The number of esters is 1. The van der Waals surface area contributed by atoms with E-state index in [2.05, 4.69) is 9.97 Å². The van der Waals surface area contributed by atoms with Crippen LogP contribution in [0.2, 0.25) is 0 Å². The second-order valence-corrected chi connectivity index (χ2v) is 7.38. The number of thiophene rings is 1. The predicted octanol–water partition coefficient (Wildman–Crippen LogP) is 1.69. The molecular formula is C18H27N3O5S. The van der Waals surface area contributed by atoms with Gasteiger partial charge in [0.15, 0.2) is 0 Å². The van der Waals surface area contributed by atoms with Crippen LogP contribution < -0.4 is 5.56 Å². The fourth-order valence-corrected chi connectivity index (χ4v) is 3.98. The summed E-state index contributed by atoms with van der Waals surface area (Å²) in [5.41, 5.74) is 0.312. The summed E-state index contributed by atoms with van der Waals surface area (Å²) in [4.78, 5) is 34.7. The Morgan fingerprint density at radius 1 is 1.41 bits per heavy atom. The maximum Gasteiger partial charge on any atom is 0.348 e. The molecule has 8 nitrogen and oxygen atoms in total. The third-order valence-corrected chi connectivity index (χ3v) is 5.52. The normalized spacial score (nSPS) is 12.7. The van der Waals surface area contributed by atoms with E-state index in [9.17, 15) is 14.7 Å². The second kappa shape index (κ2) is 9.93. The lowest BCUT2D eigenvalue weighted by Gasteiger charge is -2.24. The molecular weight excluding hydrogens is 370 g/mol. The van der Waals surface area contributed by atoms with Crippen molar-refractivity contribution in [1.82, 2.24) is 14.9 Å². The molecule has 150 valence electrons. The molecule has 0 aliphatic carbocycles. The Kier molecular flexibility index (Phi) is 7.91. The monoisotopic (exact) mass is 397 g/mol. The standard InChI is InChI=1S/C18H27N3O5S/c1-5-12(22)9-21(7-6-8-25-3)10-13-19-16(23)14-11(2)15(18(24)26-4)27-17(14)20-13/h12,22H,5-10H2,1-4H3,(H,19,20,23)/t12-/m0/s1. The molecule has 0 aliphatic heterocycles. The van der Waals surface area contributed by atoms with E-state index in [1.54, 1.807) is 14.0 Å². The van der Waals surface area contributed by atoms with E-state index < -0.39 is 12.1 Å². The molecule has 0 aliphatic rings. The van der Waals surface area contributed by atoms with E-state index in [1.807, 2.05) is 11.8 Å². The number of nitrogens with zero attached hydrogens (tertiary/aromatic N) is 2. The van der Waals surface area contributed by atoms with Gasteiger partial charge in [0.25, 0.3) is 5.56 Å². The zero-order valence-electron chi connectivity index (χ0n) is 16.2. The van der Waals surface area contributed by atoms with E-state index in [0.29, 0.717) is 59.1 Å². The lowest BCUT2D eigenvalue weighted by Crippen LogP contribution is -2.34. The Bertz CT molecular complexity index is 832. The summed E-state index contributed by atoms with van der Waals surface area (Å²) in [7, 11) is 2.96. The molecule has 9 heteroatoms. The number of carbonyl (C=O) groups excluding carboxylic acids is 1. The molecule has 2 N–H and O–H groups in total. The maximum atomic E-state index is 12.5. The summed E-state index contributed by atoms with van der Waals surface area (Å²) in [5.74, 6) is 0.0367. The molecule has 1 atom stereocenters. The summed E-state index contributed by atoms with van der Waals surface area (Å²) in [6.07, 6.45) is 1.01. The number of aryl methyl sites for hydroxylation is 1. The Labute approximate surface area is 162 Å². The summed E-state index contributed by atoms with van der Waals surface area (Å²) >= 11 is 1.16. The first-order valence-electron chi connectivity index (χ1n) is 8.91. The number of hydrogen-bond acceptors (Lipinski definition) is 8. The Morgan fingerprint density at radius 2 is 2.15 bits per heavy atom. The number of carbonyl (C=O) groups is 1. The lowest BCUT2D eigenvalue weighted by molar-refractivity contribution is 0.0605. The molecule has 2 aromatic heterocycles. The van der Waals surface area contributed by atoms with Crippen LogP contribution in [0.3, 0.4) is 0 Å². The van der Waals surface area contributed by atoms with Gasteiger partial charge < -0.3 is 19.6 Å². The molecule has 0 saturated heterocycles. The molecule has 2 aromatic rings. The van der Waals surface area contributed by atoms with Crippen molar-refractivity contribution in [2.75, 3.05) is 33.9 Å². The smallest absolute Gasteiger partial charge is 0.348 e. The number of rotatable bonds is 10. The highest BCUT2D eigenvalue weighted by Gasteiger charge is 2.20. The third-order valence-electron chi connectivity index (χ3n) is 4.36. The SMILES string of the molecule is CC[C@H](O)CN(CCCOC)Cc1nc2sc(C(=O)OC)c(C)c2c(=O)[nH]1. The van der Waals surface area contributed by atoms with Gasteiger partial charge in [-0.2, -0.15) is 0 Å². The molecule has 2 rings (SSSR count). The number of aromatic nitrogens is 2. The Hall–Kier alpha value is -1.81. The Morgan fingerprint density at radius 3 is 2.78 bits per heavy atom. The van der Waals surface area contributed by atoms with Crippen LogP contribution in [0.1, 0.15) is 40.8 Å². The number of aliphatic hydroxyl groups is 1. The van der Waals surface area contributed by atoms with Gasteiger partial charge in [-0.25, -0.2) is 9.78 Å². The second-order valence-electron chi connectivity index (χ2n) is 6.38. The first-order valence-corrected chi connectivity index (χ1v) is 9.72. The number of aliphatic hydroxyl groups excluding tert-OH is 1. The summed E-state index contributed by atoms with van der Waals surface area (Å²) in [5, 5.41) is 10.4. The fraction of sp³-hybridized carbons (Fsp3) is 0.611. The number of H-pyrrole nitrogens is 1. The van der Waals surface area contributed by atoms with E-state index in [1.165, 1.54) is 7.11 Å². The van der Waals surface area contributed by atoms with Crippen molar-refractivity contribution in [2.24, 2.45) is 0 Å². The largest absolute Gasteiger partial charge is 0.465 e. The number of aromatic amines is 1. The highest BCUT2D eigenvalue weighted by Crippen LogP contribution is 2.27. The number of nitrogens with one attached hydrogen (secondary N) is 1. The predicted molar refractivity (Wildman–Crippen MR) is 104 cm³/mol. The quantitative estimate of drug-likeness (QED) is 0.464. The van der Waals surface area contributed by atoms with E-state index >= 15 is 0 Å². The minimum absolute atomic E-state index is 0.271. The number of hydrogen-bond donors (Lipinski definition) is 2. The Balaban J connectivity index is 2.30. The van der Waals surface area contributed by atoms with Crippen molar-refractivity contribution >= 4 is 27.5 Å². The van der Waals surface area contributed by atoms with Gasteiger partial charge in [-0.3, -0.25) is 9.69 Å². The van der Waals surface area contributed by atoms with E-state index in [4.69, 9.17) is 9.47 Å². The van der Waals surface area contributed by atoms with Gasteiger partial charge in [-0.05, 0) is 25.3 Å². The van der Waals surface area contributed by atoms with Gasteiger partial charge in [0.2, 0.25) is 0 Å². The molecule has 0 amide bonds. The van der Waals surface area contributed by atoms with E-state index in [0.717, 1.165) is 17.8 Å². The summed E-state index contributed by atoms with van der Waals surface area (Å²) < 4.78 is 9.87. The minimum atomic E-state index is -0.469.